The van der Waals surface area contributed by atoms with Gasteiger partial charge in [0, 0.05) is 13.0 Å². The van der Waals surface area contributed by atoms with Gasteiger partial charge < -0.3 is 5.32 Å². The Labute approximate surface area is 55.6 Å². The third-order valence-electron chi connectivity index (χ3n) is 1.89. The van der Waals surface area contributed by atoms with Crippen molar-refractivity contribution in [1.82, 2.24) is 5.32 Å². The molecule has 0 aromatic rings. The molecule has 1 atom stereocenters. The van der Waals surface area contributed by atoms with Crippen LogP contribution >= 0.6 is 0 Å². The van der Waals surface area contributed by atoms with E-state index >= 15 is 0 Å². The lowest BCUT2D eigenvalue weighted by atomic mass is 10.2. The summed E-state index contributed by atoms with van der Waals surface area (Å²) < 4.78 is 0. The lowest BCUT2D eigenvalue weighted by Gasteiger charge is -2.01. The molecule has 2 nitrogen and oxygen atoms in total. The van der Waals surface area contributed by atoms with Crippen LogP contribution in [0.3, 0.4) is 0 Å². The van der Waals surface area contributed by atoms with E-state index in [2.05, 4.69) is 19.2 Å². The summed E-state index contributed by atoms with van der Waals surface area (Å²) in [5, 5.41) is 2.87. The summed E-state index contributed by atoms with van der Waals surface area (Å²) in [5.41, 5.74) is 0.367. The quantitative estimate of drug-likeness (QED) is 0.557. The Balaban J connectivity index is 2.28. The highest BCUT2D eigenvalue weighted by Crippen LogP contribution is 2.44. The Morgan fingerprint density at radius 2 is 2.11 bits per heavy atom. The topological polar surface area (TPSA) is 29.1 Å². The maximum absolute atomic E-state index is 10.5. The number of hydrogen-bond donors (Lipinski definition) is 1. The van der Waals surface area contributed by atoms with Gasteiger partial charge in [-0.25, -0.2) is 0 Å². The molecule has 0 radical (unpaired) electrons. The third-order valence-corrected chi connectivity index (χ3v) is 1.89. The van der Waals surface area contributed by atoms with Crippen LogP contribution in [0.4, 0.5) is 0 Å². The number of nitrogens with one attached hydrogen (secondary N) is 1. The van der Waals surface area contributed by atoms with Crippen molar-refractivity contribution in [2.45, 2.75) is 33.2 Å². The number of carbonyl (C=O) groups is 1. The van der Waals surface area contributed by atoms with Crippen molar-refractivity contribution in [2.75, 3.05) is 0 Å². The second kappa shape index (κ2) is 1.72. The molecule has 0 aliphatic heterocycles. The molecule has 1 aliphatic rings. The van der Waals surface area contributed by atoms with E-state index in [1.54, 1.807) is 6.92 Å². The van der Waals surface area contributed by atoms with Crippen LogP contribution < -0.4 is 5.32 Å². The fourth-order valence-corrected chi connectivity index (χ4v) is 0.959. The summed E-state index contributed by atoms with van der Waals surface area (Å²) in [6, 6.07) is 0.440. The zero-order valence-electron chi connectivity index (χ0n) is 6.19. The van der Waals surface area contributed by atoms with E-state index in [1.807, 2.05) is 0 Å². The first-order chi connectivity index (χ1) is 4.02. The van der Waals surface area contributed by atoms with Crippen LogP contribution in [0.2, 0.25) is 0 Å². The van der Waals surface area contributed by atoms with Crippen LogP contribution in [0.15, 0.2) is 0 Å². The maximum Gasteiger partial charge on any atom is 0.217 e. The number of hydrogen-bond acceptors (Lipinski definition) is 1. The van der Waals surface area contributed by atoms with Crippen molar-refractivity contribution in [2.24, 2.45) is 5.41 Å². The molecule has 0 spiro atoms. The maximum atomic E-state index is 10.5. The minimum atomic E-state index is 0.0885. The van der Waals surface area contributed by atoms with Gasteiger partial charge >= 0.3 is 0 Å². The van der Waals surface area contributed by atoms with Crippen LogP contribution in [-0.4, -0.2) is 11.9 Å². The van der Waals surface area contributed by atoms with Crippen LogP contribution in [0.1, 0.15) is 27.2 Å². The molecule has 1 rings (SSSR count). The SMILES string of the molecule is CC(=O)N[C@@H]1CC1(C)C. The van der Waals surface area contributed by atoms with E-state index in [0.29, 0.717) is 11.5 Å². The van der Waals surface area contributed by atoms with Gasteiger partial charge in [-0.2, -0.15) is 0 Å². The lowest BCUT2D eigenvalue weighted by molar-refractivity contribution is -0.119. The van der Waals surface area contributed by atoms with Crippen molar-refractivity contribution in [3.8, 4) is 0 Å². The molecule has 0 saturated heterocycles. The van der Waals surface area contributed by atoms with Gasteiger partial charge in [0.05, 0.1) is 0 Å². The molecule has 0 aromatic heterocycles. The molecular weight excluding hydrogens is 114 g/mol. The average molecular weight is 127 g/mol. The molecule has 1 fully saturated rings. The molecule has 1 N–H and O–H groups in total. The Bertz CT molecular complexity index is 140. The molecule has 0 aromatic carbocycles. The summed E-state index contributed by atoms with van der Waals surface area (Å²) in [7, 11) is 0. The molecule has 52 valence electrons. The third kappa shape index (κ3) is 1.44. The minimum absolute atomic E-state index is 0.0885. The van der Waals surface area contributed by atoms with E-state index in [9.17, 15) is 4.79 Å². The van der Waals surface area contributed by atoms with E-state index in [-0.39, 0.29) is 5.91 Å². The second-order valence-electron chi connectivity index (χ2n) is 3.45. The van der Waals surface area contributed by atoms with Crippen LogP contribution in [0, 0.1) is 5.41 Å². The fraction of sp³-hybridized carbons (Fsp3) is 0.857. The summed E-state index contributed by atoms with van der Waals surface area (Å²) in [6.07, 6.45) is 1.13. The van der Waals surface area contributed by atoms with Gasteiger partial charge in [0.25, 0.3) is 0 Å². The van der Waals surface area contributed by atoms with Gasteiger partial charge in [-0.1, -0.05) is 13.8 Å². The highest BCUT2D eigenvalue weighted by molar-refractivity contribution is 5.73. The van der Waals surface area contributed by atoms with Crippen molar-refractivity contribution in [3.05, 3.63) is 0 Å². The zero-order chi connectivity index (χ0) is 7.07. The normalized spacial score (nSPS) is 29.4. The number of carbonyl (C=O) groups excluding carboxylic acids is 1. The largest absolute Gasteiger partial charge is 0.353 e. The van der Waals surface area contributed by atoms with Crippen molar-refractivity contribution in [1.29, 1.82) is 0 Å². The van der Waals surface area contributed by atoms with Gasteiger partial charge in [-0.3, -0.25) is 4.79 Å². The van der Waals surface area contributed by atoms with Gasteiger partial charge in [-0.15, -0.1) is 0 Å². The fourth-order valence-electron chi connectivity index (χ4n) is 0.959. The van der Waals surface area contributed by atoms with Gasteiger partial charge in [0.15, 0.2) is 0 Å². The lowest BCUT2D eigenvalue weighted by Crippen LogP contribution is -2.25. The van der Waals surface area contributed by atoms with Crippen molar-refractivity contribution in [3.63, 3.8) is 0 Å². The van der Waals surface area contributed by atoms with Crippen LogP contribution in [-0.2, 0) is 4.79 Å². The molecule has 1 saturated carbocycles. The first-order valence-corrected chi connectivity index (χ1v) is 3.29. The molecule has 0 unspecified atom stereocenters. The van der Waals surface area contributed by atoms with Crippen molar-refractivity contribution >= 4 is 5.91 Å². The van der Waals surface area contributed by atoms with Crippen LogP contribution in [0.25, 0.3) is 0 Å². The molecule has 1 amide bonds. The van der Waals surface area contributed by atoms with E-state index in [4.69, 9.17) is 0 Å². The molecule has 9 heavy (non-hydrogen) atoms. The first kappa shape index (κ1) is 6.59. The minimum Gasteiger partial charge on any atom is -0.353 e. The summed E-state index contributed by atoms with van der Waals surface area (Å²) in [4.78, 5) is 10.5. The Kier molecular flexibility index (Phi) is 1.26. The second-order valence-corrected chi connectivity index (χ2v) is 3.45. The van der Waals surface area contributed by atoms with Crippen molar-refractivity contribution < 1.29 is 4.79 Å². The molecule has 2 heteroatoms. The summed E-state index contributed by atoms with van der Waals surface area (Å²) >= 11 is 0. The van der Waals surface area contributed by atoms with Gasteiger partial charge in [-0.05, 0) is 11.8 Å². The van der Waals surface area contributed by atoms with Gasteiger partial charge in [0.2, 0.25) is 5.91 Å². The first-order valence-electron chi connectivity index (χ1n) is 3.29. The predicted octanol–water partition coefficient (Wildman–Crippen LogP) is 0.921. The Morgan fingerprint density at radius 1 is 1.67 bits per heavy atom. The van der Waals surface area contributed by atoms with E-state index in [1.165, 1.54) is 0 Å². The smallest absolute Gasteiger partial charge is 0.217 e. The zero-order valence-corrected chi connectivity index (χ0v) is 6.19. The molecule has 0 bridgehead atoms. The van der Waals surface area contributed by atoms with E-state index in [0.717, 1.165) is 6.42 Å². The highest BCUT2D eigenvalue weighted by Gasteiger charge is 2.45. The van der Waals surface area contributed by atoms with Crippen LogP contribution in [0.5, 0.6) is 0 Å². The Morgan fingerprint density at radius 3 is 2.22 bits per heavy atom. The standard InChI is InChI=1S/C7H13NO/c1-5(9)8-6-4-7(6,2)3/h6H,4H2,1-3H3,(H,8,9)/t6-/m1/s1. The monoisotopic (exact) mass is 127 g/mol. The molecule has 0 heterocycles. The Hall–Kier alpha value is -0.530. The van der Waals surface area contributed by atoms with Gasteiger partial charge in [0.1, 0.15) is 0 Å². The predicted molar refractivity (Wildman–Crippen MR) is 36.0 cm³/mol. The number of amides is 1. The molecular formula is C7H13NO. The highest BCUT2D eigenvalue weighted by atomic mass is 16.1. The average Bonchev–Trinajstić information content (AvgIpc) is 2.10. The van der Waals surface area contributed by atoms with E-state index < -0.39 is 0 Å². The number of rotatable bonds is 1. The molecule has 1 aliphatic carbocycles. The summed E-state index contributed by atoms with van der Waals surface area (Å²) in [5.74, 6) is 0.0885. The summed E-state index contributed by atoms with van der Waals surface area (Å²) in [6.45, 7) is 5.88.